The summed E-state index contributed by atoms with van der Waals surface area (Å²) in [6, 6.07) is 22.4. The van der Waals surface area contributed by atoms with Gasteiger partial charge in [-0.3, -0.25) is 4.98 Å². The minimum absolute atomic E-state index is 0.237. The average Bonchev–Trinajstić information content (AvgIpc) is 3.09. The maximum Gasteiger partial charge on any atom is 0.410 e. The zero-order valence-electron chi connectivity index (χ0n) is 29.4. The van der Waals surface area contributed by atoms with Crippen LogP contribution in [0.2, 0.25) is 0 Å². The molecule has 0 aliphatic carbocycles. The van der Waals surface area contributed by atoms with E-state index in [-0.39, 0.29) is 19.3 Å². The van der Waals surface area contributed by atoms with E-state index in [0.29, 0.717) is 31.7 Å². The lowest BCUT2D eigenvalue weighted by Crippen LogP contribution is -2.36. The SMILES string of the molecule is CCOC(=O)[C@@H](OC(C)(C)C)c1c(C)nc(C)c(-c2ccc3c(c2)CCN(C(=O)OCc2ccccc2)C3)c1-c1ccc2c(c1)CCCO2. The molecular formula is C41H46N2O6. The van der Waals surface area contributed by atoms with Gasteiger partial charge < -0.3 is 23.8 Å². The van der Waals surface area contributed by atoms with Crippen molar-refractivity contribution in [2.45, 2.75) is 85.7 Å². The van der Waals surface area contributed by atoms with Crippen LogP contribution in [0.4, 0.5) is 4.79 Å². The van der Waals surface area contributed by atoms with Gasteiger partial charge in [-0.05, 0) is 112 Å². The summed E-state index contributed by atoms with van der Waals surface area (Å²) in [5.41, 5.74) is 9.81. The number of aromatic nitrogens is 1. The van der Waals surface area contributed by atoms with E-state index in [1.54, 1.807) is 11.8 Å². The fourth-order valence-corrected chi connectivity index (χ4v) is 6.83. The molecule has 2 aliphatic rings. The first-order valence-corrected chi connectivity index (χ1v) is 17.2. The summed E-state index contributed by atoms with van der Waals surface area (Å²) in [4.78, 5) is 33.5. The molecule has 0 N–H and O–H groups in total. The van der Waals surface area contributed by atoms with Crippen molar-refractivity contribution in [1.82, 2.24) is 9.88 Å². The van der Waals surface area contributed by atoms with E-state index in [2.05, 4.69) is 30.3 Å². The minimum atomic E-state index is -0.984. The molecule has 8 nitrogen and oxygen atoms in total. The summed E-state index contributed by atoms with van der Waals surface area (Å²) >= 11 is 0. The van der Waals surface area contributed by atoms with Gasteiger partial charge in [-0.15, -0.1) is 0 Å². The number of esters is 1. The number of hydrogen-bond donors (Lipinski definition) is 0. The van der Waals surface area contributed by atoms with Crippen molar-refractivity contribution in [3.63, 3.8) is 0 Å². The third-order valence-corrected chi connectivity index (χ3v) is 9.01. The molecule has 0 unspecified atom stereocenters. The summed E-state index contributed by atoms with van der Waals surface area (Å²) < 4.78 is 23.7. The Balaban J connectivity index is 1.42. The van der Waals surface area contributed by atoms with Gasteiger partial charge >= 0.3 is 12.1 Å². The lowest BCUT2D eigenvalue weighted by atomic mass is 9.84. The molecule has 49 heavy (non-hydrogen) atoms. The summed E-state index contributed by atoms with van der Waals surface area (Å²) in [5, 5.41) is 0. The molecular weight excluding hydrogens is 616 g/mol. The van der Waals surface area contributed by atoms with E-state index in [1.165, 1.54) is 5.56 Å². The topological polar surface area (TPSA) is 87.2 Å². The summed E-state index contributed by atoms with van der Waals surface area (Å²) in [7, 11) is 0. The van der Waals surface area contributed by atoms with Crippen LogP contribution in [0.15, 0.2) is 66.7 Å². The van der Waals surface area contributed by atoms with E-state index in [9.17, 15) is 9.59 Å². The monoisotopic (exact) mass is 662 g/mol. The van der Waals surface area contributed by atoms with E-state index in [1.807, 2.05) is 71.0 Å². The molecule has 8 heteroatoms. The number of carbonyl (C=O) groups excluding carboxylic acids is 2. The van der Waals surface area contributed by atoms with Crippen LogP contribution in [0.5, 0.6) is 5.75 Å². The normalized spacial score (nSPS) is 14.7. The first kappa shape index (κ1) is 34.2. The molecule has 4 aromatic rings. The molecule has 1 amide bonds. The second-order valence-electron chi connectivity index (χ2n) is 13.8. The largest absolute Gasteiger partial charge is 0.493 e. The molecule has 3 aromatic carbocycles. The van der Waals surface area contributed by atoms with E-state index >= 15 is 0 Å². The van der Waals surface area contributed by atoms with Gasteiger partial charge in [0.1, 0.15) is 12.4 Å². The van der Waals surface area contributed by atoms with E-state index in [4.69, 9.17) is 23.9 Å². The fourth-order valence-electron chi connectivity index (χ4n) is 6.83. The molecule has 1 atom stereocenters. The molecule has 0 saturated heterocycles. The molecule has 256 valence electrons. The number of carbonyl (C=O) groups is 2. The van der Waals surface area contributed by atoms with Crippen molar-refractivity contribution in [3.8, 4) is 28.0 Å². The Labute approximate surface area is 289 Å². The number of amides is 1. The number of hydrogen-bond acceptors (Lipinski definition) is 7. The van der Waals surface area contributed by atoms with Crippen molar-refractivity contribution in [1.29, 1.82) is 0 Å². The second-order valence-corrected chi connectivity index (χ2v) is 13.8. The van der Waals surface area contributed by atoms with Crippen LogP contribution < -0.4 is 4.74 Å². The van der Waals surface area contributed by atoms with Gasteiger partial charge in [0, 0.05) is 35.6 Å². The van der Waals surface area contributed by atoms with Crippen LogP contribution in [0, 0.1) is 13.8 Å². The Hall–Kier alpha value is -4.69. The van der Waals surface area contributed by atoms with Gasteiger partial charge in [0.2, 0.25) is 0 Å². The van der Waals surface area contributed by atoms with Gasteiger partial charge in [-0.1, -0.05) is 54.6 Å². The van der Waals surface area contributed by atoms with Crippen molar-refractivity contribution in [2.24, 2.45) is 0 Å². The number of rotatable bonds is 8. The molecule has 3 heterocycles. The number of fused-ring (bicyclic) bond motifs is 2. The van der Waals surface area contributed by atoms with Crippen LogP contribution in [0.3, 0.4) is 0 Å². The molecule has 2 aliphatic heterocycles. The Bertz CT molecular complexity index is 1850. The summed E-state index contributed by atoms with van der Waals surface area (Å²) in [6.07, 6.45) is 1.26. The number of ether oxygens (including phenoxy) is 4. The quantitative estimate of drug-likeness (QED) is 0.175. The van der Waals surface area contributed by atoms with Gasteiger partial charge in [-0.2, -0.15) is 0 Å². The Morgan fingerprint density at radius 3 is 2.37 bits per heavy atom. The van der Waals surface area contributed by atoms with E-state index in [0.717, 1.165) is 68.9 Å². The standard InChI is InChI=1S/C41H46N2O6/c1-7-46-39(44)38(49-41(4,5)6)36-27(3)42-26(2)35(37(36)32-17-18-34-30(23-32)14-11-21-47-34)31-15-16-33-24-43(20-19-29(33)22-31)40(45)48-25-28-12-9-8-10-13-28/h8-10,12-13,15-18,22-23,38H,7,11,14,19-21,24-25H2,1-6H3/t38-/m0/s1. The smallest absolute Gasteiger partial charge is 0.410 e. The Kier molecular flexibility index (Phi) is 10.1. The highest BCUT2D eigenvalue weighted by Gasteiger charge is 2.35. The van der Waals surface area contributed by atoms with Gasteiger partial charge in [-0.25, -0.2) is 9.59 Å². The summed E-state index contributed by atoms with van der Waals surface area (Å²) in [6.45, 7) is 13.8. The third kappa shape index (κ3) is 7.65. The van der Waals surface area contributed by atoms with Crippen LogP contribution in [-0.2, 0) is 45.0 Å². The van der Waals surface area contributed by atoms with Gasteiger partial charge in [0.25, 0.3) is 0 Å². The van der Waals surface area contributed by atoms with Crippen LogP contribution in [-0.4, -0.2) is 47.3 Å². The van der Waals surface area contributed by atoms with Crippen molar-refractivity contribution < 1.29 is 28.5 Å². The molecule has 0 radical (unpaired) electrons. The zero-order valence-corrected chi connectivity index (χ0v) is 29.4. The molecule has 6 rings (SSSR count). The van der Waals surface area contributed by atoms with Crippen LogP contribution in [0.1, 0.15) is 79.4 Å². The van der Waals surface area contributed by atoms with Crippen LogP contribution >= 0.6 is 0 Å². The highest BCUT2D eigenvalue weighted by atomic mass is 16.6. The third-order valence-electron chi connectivity index (χ3n) is 9.01. The Morgan fingerprint density at radius 2 is 1.61 bits per heavy atom. The molecule has 0 spiro atoms. The fraction of sp³-hybridized carbons (Fsp3) is 0.390. The molecule has 0 bridgehead atoms. The molecule has 0 saturated carbocycles. The van der Waals surface area contributed by atoms with Gasteiger partial charge in [0.05, 0.1) is 18.8 Å². The van der Waals surface area contributed by atoms with Crippen LogP contribution in [0.25, 0.3) is 22.3 Å². The summed E-state index contributed by atoms with van der Waals surface area (Å²) in [5.74, 6) is 0.457. The highest BCUT2D eigenvalue weighted by Crippen LogP contribution is 2.45. The molecule has 0 fully saturated rings. The van der Waals surface area contributed by atoms with Gasteiger partial charge in [0.15, 0.2) is 6.10 Å². The maximum absolute atomic E-state index is 13.7. The highest BCUT2D eigenvalue weighted by molar-refractivity contribution is 5.92. The lowest BCUT2D eigenvalue weighted by Gasteiger charge is -2.31. The first-order valence-electron chi connectivity index (χ1n) is 17.2. The lowest BCUT2D eigenvalue weighted by molar-refractivity contribution is -0.166. The predicted molar refractivity (Wildman–Crippen MR) is 189 cm³/mol. The minimum Gasteiger partial charge on any atom is -0.493 e. The van der Waals surface area contributed by atoms with E-state index < -0.39 is 17.7 Å². The Morgan fingerprint density at radius 1 is 0.878 bits per heavy atom. The zero-order chi connectivity index (χ0) is 34.7. The average molecular weight is 663 g/mol. The van der Waals surface area contributed by atoms with Crippen molar-refractivity contribution >= 4 is 12.1 Å². The maximum atomic E-state index is 13.7. The number of aryl methyl sites for hydroxylation is 3. The first-order chi connectivity index (χ1) is 23.5. The molecule has 1 aromatic heterocycles. The number of nitrogens with zero attached hydrogens (tertiary/aromatic N) is 2. The number of pyridine rings is 1. The van der Waals surface area contributed by atoms with Crippen molar-refractivity contribution in [3.05, 3.63) is 106 Å². The number of benzene rings is 3. The van der Waals surface area contributed by atoms with Crippen molar-refractivity contribution in [2.75, 3.05) is 19.8 Å². The predicted octanol–water partition coefficient (Wildman–Crippen LogP) is 8.47. The second kappa shape index (κ2) is 14.4.